The first-order chi connectivity index (χ1) is 16.0. The van der Waals surface area contributed by atoms with Crippen molar-refractivity contribution in [3.05, 3.63) is 22.7 Å². The molecule has 1 aliphatic carbocycles. The molecule has 34 heavy (non-hydrogen) atoms. The number of benzene rings is 1. The SMILES string of the molecule is COc1cc(Cl)c(C2(C)CC2)cc1NCC(=O)N1CCN(C2CN(C(=O)OC(C)(C)C)C2)CC1. The molecule has 1 aromatic carbocycles. The Morgan fingerprint density at radius 1 is 1.12 bits per heavy atom. The average Bonchev–Trinajstić information content (AvgIpc) is 3.48. The number of nitrogens with zero attached hydrogens (tertiary/aromatic N) is 3. The highest BCUT2D eigenvalue weighted by molar-refractivity contribution is 6.31. The topological polar surface area (TPSA) is 74.4 Å². The number of hydrogen-bond acceptors (Lipinski definition) is 6. The van der Waals surface area contributed by atoms with Gasteiger partial charge in [-0.05, 0) is 50.7 Å². The first-order valence-electron chi connectivity index (χ1n) is 12.1. The molecule has 1 saturated carbocycles. The average molecular weight is 493 g/mol. The Kier molecular flexibility index (Phi) is 6.93. The molecular formula is C25H37ClN4O4. The van der Waals surface area contributed by atoms with Crippen molar-refractivity contribution in [2.75, 3.05) is 58.2 Å². The van der Waals surface area contributed by atoms with Gasteiger partial charge in [-0.15, -0.1) is 0 Å². The number of hydrogen-bond donors (Lipinski definition) is 1. The lowest BCUT2D eigenvalue weighted by Gasteiger charge is -2.48. The Hall–Kier alpha value is -2.19. The minimum Gasteiger partial charge on any atom is -0.495 e. The van der Waals surface area contributed by atoms with Crippen LogP contribution in [0, 0.1) is 0 Å². The van der Waals surface area contributed by atoms with Crippen LogP contribution in [0.1, 0.15) is 46.1 Å². The third-order valence-corrected chi connectivity index (χ3v) is 7.38. The van der Waals surface area contributed by atoms with Crippen LogP contribution >= 0.6 is 11.6 Å². The molecule has 4 rings (SSSR count). The van der Waals surface area contributed by atoms with Crippen molar-refractivity contribution in [3.63, 3.8) is 0 Å². The molecule has 0 atom stereocenters. The third kappa shape index (κ3) is 5.54. The van der Waals surface area contributed by atoms with E-state index in [-0.39, 0.29) is 24.0 Å². The fourth-order valence-electron chi connectivity index (χ4n) is 4.56. The van der Waals surface area contributed by atoms with E-state index < -0.39 is 5.60 Å². The quantitative estimate of drug-likeness (QED) is 0.654. The zero-order chi connectivity index (χ0) is 24.7. The van der Waals surface area contributed by atoms with E-state index in [2.05, 4.69) is 17.1 Å². The van der Waals surface area contributed by atoms with Gasteiger partial charge in [0.15, 0.2) is 0 Å². The van der Waals surface area contributed by atoms with Crippen LogP contribution in [-0.2, 0) is 14.9 Å². The fourth-order valence-corrected chi connectivity index (χ4v) is 4.94. The van der Waals surface area contributed by atoms with Crippen molar-refractivity contribution >= 4 is 29.3 Å². The zero-order valence-corrected chi connectivity index (χ0v) is 21.7. The van der Waals surface area contributed by atoms with Crippen LogP contribution in [0.4, 0.5) is 10.5 Å². The predicted octanol–water partition coefficient (Wildman–Crippen LogP) is 3.58. The minimum absolute atomic E-state index is 0.0693. The Labute approximate surface area is 207 Å². The molecule has 1 aromatic rings. The van der Waals surface area contributed by atoms with Crippen molar-refractivity contribution in [2.24, 2.45) is 0 Å². The van der Waals surface area contributed by atoms with Crippen molar-refractivity contribution in [1.82, 2.24) is 14.7 Å². The lowest BCUT2D eigenvalue weighted by molar-refractivity contribution is -0.131. The van der Waals surface area contributed by atoms with E-state index in [9.17, 15) is 9.59 Å². The molecule has 3 aliphatic rings. The number of carbonyl (C=O) groups is 2. The van der Waals surface area contributed by atoms with Gasteiger partial charge in [0.25, 0.3) is 0 Å². The van der Waals surface area contributed by atoms with Gasteiger partial charge in [-0.25, -0.2) is 4.79 Å². The monoisotopic (exact) mass is 492 g/mol. The maximum atomic E-state index is 12.9. The molecular weight excluding hydrogens is 456 g/mol. The third-order valence-electron chi connectivity index (χ3n) is 7.07. The van der Waals surface area contributed by atoms with E-state index in [0.717, 1.165) is 37.2 Å². The van der Waals surface area contributed by atoms with Crippen LogP contribution in [-0.4, -0.2) is 91.3 Å². The number of anilines is 1. The van der Waals surface area contributed by atoms with E-state index in [4.69, 9.17) is 21.1 Å². The maximum absolute atomic E-state index is 12.9. The molecule has 0 aromatic heterocycles. The van der Waals surface area contributed by atoms with Gasteiger partial charge in [0.1, 0.15) is 11.4 Å². The molecule has 188 valence electrons. The lowest BCUT2D eigenvalue weighted by Crippen LogP contribution is -2.65. The molecule has 3 fully saturated rings. The number of likely N-dealkylation sites (tertiary alicyclic amines) is 1. The van der Waals surface area contributed by atoms with Crippen molar-refractivity contribution in [3.8, 4) is 5.75 Å². The standard InChI is InChI=1S/C25H37ClN4O4/c1-24(2,3)34-23(32)30-15-17(16-30)28-8-10-29(11-9-28)22(31)14-27-20-12-18(25(4)6-7-25)19(26)13-21(20)33-5/h12-13,17,27H,6-11,14-16H2,1-5H3. The van der Waals surface area contributed by atoms with Crippen LogP contribution in [0.2, 0.25) is 5.02 Å². The van der Waals surface area contributed by atoms with Crippen LogP contribution in [0.15, 0.2) is 12.1 Å². The summed E-state index contributed by atoms with van der Waals surface area (Å²) in [4.78, 5) is 31.0. The number of amides is 2. The number of carbonyl (C=O) groups excluding carboxylic acids is 2. The van der Waals surface area contributed by atoms with Crippen LogP contribution in [0.25, 0.3) is 0 Å². The van der Waals surface area contributed by atoms with E-state index in [0.29, 0.717) is 43.0 Å². The molecule has 2 aliphatic heterocycles. The highest BCUT2D eigenvalue weighted by Crippen LogP contribution is 2.51. The first kappa shape index (κ1) is 24.9. The Morgan fingerprint density at radius 3 is 2.32 bits per heavy atom. The number of piperazine rings is 1. The number of ether oxygens (including phenoxy) is 2. The van der Waals surface area contributed by atoms with E-state index in [1.54, 1.807) is 12.0 Å². The Balaban J connectivity index is 1.24. The summed E-state index contributed by atoms with van der Waals surface area (Å²) in [5, 5.41) is 3.99. The fraction of sp³-hybridized carbons (Fsp3) is 0.680. The second-order valence-corrected chi connectivity index (χ2v) is 11.3. The summed E-state index contributed by atoms with van der Waals surface area (Å²) < 4.78 is 10.9. The summed E-state index contributed by atoms with van der Waals surface area (Å²) in [5.41, 5.74) is 1.56. The van der Waals surface area contributed by atoms with Gasteiger partial charge in [-0.1, -0.05) is 18.5 Å². The molecule has 2 saturated heterocycles. The minimum atomic E-state index is -0.477. The van der Waals surface area contributed by atoms with Gasteiger partial charge >= 0.3 is 6.09 Å². The zero-order valence-electron chi connectivity index (χ0n) is 20.9. The Morgan fingerprint density at radius 2 is 1.76 bits per heavy atom. The number of nitrogens with one attached hydrogen (secondary N) is 1. The van der Waals surface area contributed by atoms with Crippen molar-refractivity contribution in [2.45, 2.75) is 57.6 Å². The van der Waals surface area contributed by atoms with Gasteiger partial charge in [0.2, 0.25) is 5.91 Å². The largest absolute Gasteiger partial charge is 0.495 e. The van der Waals surface area contributed by atoms with E-state index in [1.165, 1.54) is 0 Å². The summed E-state index contributed by atoms with van der Waals surface area (Å²) in [7, 11) is 1.61. The molecule has 9 heteroatoms. The second-order valence-electron chi connectivity index (χ2n) is 10.9. The smallest absolute Gasteiger partial charge is 0.410 e. The van der Waals surface area contributed by atoms with Gasteiger partial charge in [-0.2, -0.15) is 0 Å². The van der Waals surface area contributed by atoms with Crippen molar-refractivity contribution < 1.29 is 19.1 Å². The van der Waals surface area contributed by atoms with Gasteiger partial charge in [0.05, 0.1) is 19.3 Å². The molecule has 0 spiro atoms. The summed E-state index contributed by atoms with van der Waals surface area (Å²) in [6, 6.07) is 4.21. The summed E-state index contributed by atoms with van der Waals surface area (Å²) in [5.74, 6) is 0.718. The Bertz CT molecular complexity index is 930. The van der Waals surface area contributed by atoms with E-state index >= 15 is 0 Å². The highest BCUT2D eigenvalue weighted by Gasteiger charge is 2.41. The van der Waals surface area contributed by atoms with Crippen molar-refractivity contribution in [1.29, 1.82) is 0 Å². The lowest BCUT2D eigenvalue weighted by atomic mass is 9.97. The second kappa shape index (κ2) is 9.46. The first-order valence-corrected chi connectivity index (χ1v) is 12.5. The number of rotatable bonds is 6. The van der Waals surface area contributed by atoms with Crippen LogP contribution < -0.4 is 10.1 Å². The number of halogens is 1. The molecule has 0 radical (unpaired) electrons. The van der Waals surface area contributed by atoms with Gasteiger partial charge < -0.3 is 24.6 Å². The normalized spacial score (nSPS) is 20.5. The van der Waals surface area contributed by atoms with Gasteiger partial charge in [0, 0.05) is 56.4 Å². The van der Waals surface area contributed by atoms with Crippen LogP contribution in [0.5, 0.6) is 5.75 Å². The summed E-state index contributed by atoms with van der Waals surface area (Å²) in [6.07, 6.45) is 2.00. The van der Waals surface area contributed by atoms with Gasteiger partial charge in [-0.3, -0.25) is 9.69 Å². The predicted molar refractivity (Wildman–Crippen MR) is 133 cm³/mol. The molecule has 8 nitrogen and oxygen atoms in total. The molecule has 1 N–H and O–H groups in total. The summed E-state index contributed by atoms with van der Waals surface area (Å²) in [6.45, 7) is 12.4. The van der Waals surface area contributed by atoms with Crippen LogP contribution in [0.3, 0.4) is 0 Å². The molecule has 0 bridgehead atoms. The maximum Gasteiger partial charge on any atom is 0.410 e. The number of methoxy groups -OCH3 is 1. The summed E-state index contributed by atoms with van der Waals surface area (Å²) >= 11 is 6.48. The highest BCUT2D eigenvalue weighted by atomic mass is 35.5. The van der Waals surface area contributed by atoms with E-state index in [1.807, 2.05) is 37.8 Å². The molecule has 0 unspecified atom stereocenters. The molecule has 2 heterocycles. The molecule has 2 amide bonds.